The van der Waals surface area contributed by atoms with Gasteiger partial charge in [0.25, 0.3) is 0 Å². The molecule has 1 atom stereocenters. The van der Waals surface area contributed by atoms with Crippen molar-refractivity contribution in [2.45, 2.75) is 32.4 Å². The van der Waals surface area contributed by atoms with E-state index >= 15 is 0 Å². The van der Waals surface area contributed by atoms with Gasteiger partial charge in [0.15, 0.2) is 11.5 Å². The quantitative estimate of drug-likeness (QED) is 0.321. The van der Waals surface area contributed by atoms with Crippen molar-refractivity contribution in [3.05, 3.63) is 71.9 Å². The number of rotatable bonds is 9. The van der Waals surface area contributed by atoms with Gasteiger partial charge in [0.1, 0.15) is 22.6 Å². The minimum atomic E-state index is -0.354. The molecule has 1 aliphatic rings. The topological polar surface area (TPSA) is 99.5 Å². The number of carbonyl (C=O) groups excluding carboxylic acids is 1. The number of benzene rings is 2. The fourth-order valence-electron chi connectivity index (χ4n) is 4.44. The minimum absolute atomic E-state index is 0.262. The Morgan fingerprint density at radius 3 is 2.59 bits per heavy atom. The van der Waals surface area contributed by atoms with Crippen LogP contribution in [-0.2, 0) is 11.3 Å². The molecule has 5 rings (SSSR count). The molecule has 37 heavy (non-hydrogen) atoms. The lowest BCUT2D eigenvalue weighted by Crippen LogP contribution is -2.38. The molecule has 0 spiro atoms. The smallest absolute Gasteiger partial charge is 0.338 e. The van der Waals surface area contributed by atoms with E-state index in [1.54, 1.807) is 44.5 Å². The highest BCUT2D eigenvalue weighted by atomic mass is 16.5. The van der Waals surface area contributed by atoms with Gasteiger partial charge in [-0.1, -0.05) is 12.1 Å². The van der Waals surface area contributed by atoms with Crippen LogP contribution in [0.2, 0.25) is 0 Å². The molecule has 2 aromatic heterocycles. The summed E-state index contributed by atoms with van der Waals surface area (Å²) in [7, 11) is 1.66. The summed E-state index contributed by atoms with van der Waals surface area (Å²) < 4.78 is 18.6. The van der Waals surface area contributed by atoms with Crippen LogP contribution in [0.25, 0.3) is 11.0 Å². The summed E-state index contributed by atoms with van der Waals surface area (Å²) in [6, 6.07) is 17.0. The normalized spacial score (nSPS) is 15.4. The summed E-state index contributed by atoms with van der Waals surface area (Å²) in [5, 5.41) is 12.8. The summed E-state index contributed by atoms with van der Waals surface area (Å²) in [4.78, 5) is 16.7. The number of hydrogen-bond acceptors (Lipinski definition) is 8. The van der Waals surface area contributed by atoms with E-state index in [1.165, 1.54) is 0 Å². The molecule has 0 unspecified atom stereocenters. The highest BCUT2D eigenvalue weighted by molar-refractivity contribution is 5.94. The first kappa shape index (κ1) is 24.6. The number of ether oxygens (including phenoxy) is 3. The number of aromatic nitrogens is 3. The number of piperidine rings is 1. The maximum absolute atomic E-state index is 12.0. The SMILES string of the molecule is CCOC(=O)c1ccc(Oc2ccnc3c2c(N[C@@H]2CCCNC2)nn3Cc2ccc(OC)cc2)cc1. The van der Waals surface area contributed by atoms with Crippen molar-refractivity contribution in [2.24, 2.45) is 0 Å². The van der Waals surface area contributed by atoms with E-state index in [-0.39, 0.29) is 12.0 Å². The summed E-state index contributed by atoms with van der Waals surface area (Å²) in [5.41, 5.74) is 2.29. The molecular weight excluding hydrogens is 470 g/mol. The van der Waals surface area contributed by atoms with E-state index in [9.17, 15) is 4.79 Å². The maximum Gasteiger partial charge on any atom is 0.338 e. The Morgan fingerprint density at radius 1 is 1.11 bits per heavy atom. The molecule has 192 valence electrons. The number of fused-ring (bicyclic) bond motifs is 1. The predicted octanol–water partition coefficient (Wildman–Crippen LogP) is 4.62. The van der Waals surface area contributed by atoms with Gasteiger partial charge in [-0.2, -0.15) is 5.10 Å². The van der Waals surface area contributed by atoms with Crippen molar-refractivity contribution < 1.29 is 19.0 Å². The number of nitrogens with zero attached hydrogens (tertiary/aromatic N) is 3. The van der Waals surface area contributed by atoms with Crippen LogP contribution >= 0.6 is 0 Å². The van der Waals surface area contributed by atoms with Crippen LogP contribution < -0.4 is 20.1 Å². The Morgan fingerprint density at radius 2 is 1.89 bits per heavy atom. The number of carbonyl (C=O) groups is 1. The van der Waals surface area contributed by atoms with Crippen LogP contribution in [0.15, 0.2) is 60.8 Å². The molecule has 3 heterocycles. The second-order valence-electron chi connectivity index (χ2n) is 8.90. The van der Waals surface area contributed by atoms with Gasteiger partial charge in [-0.25, -0.2) is 14.5 Å². The average molecular weight is 502 g/mol. The van der Waals surface area contributed by atoms with Gasteiger partial charge in [-0.05, 0) is 68.3 Å². The van der Waals surface area contributed by atoms with Crippen LogP contribution in [-0.4, -0.2) is 53.6 Å². The van der Waals surface area contributed by atoms with Crippen molar-refractivity contribution in [1.82, 2.24) is 20.1 Å². The molecule has 4 aromatic rings. The van der Waals surface area contributed by atoms with E-state index in [4.69, 9.17) is 19.3 Å². The first-order valence-corrected chi connectivity index (χ1v) is 12.6. The average Bonchev–Trinajstić information content (AvgIpc) is 3.28. The zero-order chi connectivity index (χ0) is 25.6. The number of esters is 1. The van der Waals surface area contributed by atoms with Gasteiger partial charge < -0.3 is 24.8 Å². The molecule has 0 saturated carbocycles. The summed E-state index contributed by atoms with van der Waals surface area (Å²) >= 11 is 0. The molecule has 0 aliphatic carbocycles. The van der Waals surface area contributed by atoms with Crippen molar-refractivity contribution in [3.63, 3.8) is 0 Å². The summed E-state index contributed by atoms with van der Waals surface area (Å²) in [5.74, 6) is 2.44. The predicted molar refractivity (Wildman–Crippen MR) is 142 cm³/mol. The van der Waals surface area contributed by atoms with Gasteiger partial charge in [0.2, 0.25) is 0 Å². The first-order valence-electron chi connectivity index (χ1n) is 12.6. The second kappa shape index (κ2) is 11.3. The monoisotopic (exact) mass is 501 g/mol. The molecule has 9 heteroatoms. The van der Waals surface area contributed by atoms with Crippen LogP contribution in [0, 0.1) is 0 Å². The number of nitrogens with one attached hydrogen (secondary N) is 2. The summed E-state index contributed by atoms with van der Waals surface area (Å²) in [6.07, 6.45) is 3.89. The Hall–Kier alpha value is -4.11. The number of hydrogen-bond donors (Lipinski definition) is 2. The molecule has 9 nitrogen and oxygen atoms in total. The number of methoxy groups -OCH3 is 1. The van der Waals surface area contributed by atoms with Crippen LogP contribution in [0.1, 0.15) is 35.7 Å². The van der Waals surface area contributed by atoms with E-state index in [1.807, 2.05) is 35.0 Å². The van der Waals surface area contributed by atoms with Gasteiger partial charge in [-0.15, -0.1) is 0 Å². The van der Waals surface area contributed by atoms with Crippen molar-refractivity contribution in [1.29, 1.82) is 0 Å². The Kier molecular flexibility index (Phi) is 7.51. The first-order chi connectivity index (χ1) is 18.1. The van der Waals surface area contributed by atoms with Gasteiger partial charge in [0, 0.05) is 24.8 Å². The molecule has 2 aromatic carbocycles. The van der Waals surface area contributed by atoms with Crippen molar-refractivity contribution in [2.75, 3.05) is 32.1 Å². The zero-order valence-electron chi connectivity index (χ0n) is 21.1. The molecule has 1 saturated heterocycles. The zero-order valence-corrected chi connectivity index (χ0v) is 21.1. The lowest BCUT2D eigenvalue weighted by atomic mass is 10.1. The molecule has 0 bridgehead atoms. The highest BCUT2D eigenvalue weighted by Crippen LogP contribution is 2.35. The minimum Gasteiger partial charge on any atom is -0.497 e. The van der Waals surface area contributed by atoms with E-state index in [2.05, 4.69) is 15.6 Å². The van der Waals surface area contributed by atoms with Gasteiger partial charge >= 0.3 is 5.97 Å². The number of pyridine rings is 1. The largest absolute Gasteiger partial charge is 0.497 e. The van der Waals surface area contributed by atoms with Gasteiger partial charge in [0.05, 0.1) is 25.8 Å². The van der Waals surface area contributed by atoms with E-state index in [0.29, 0.717) is 30.2 Å². The third kappa shape index (κ3) is 5.67. The van der Waals surface area contributed by atoms with Gasteiger partial charge in [-0.3, -0.25) is 0 Å². The summed E-state index contributed by atoms with van der Waals surface area (Å²) in [6.45, 7) is 4.57. The molecular formula is C28H31N5O4. The number of anilines is 1. The molecule has 0 amide bonds. The Balaban J connectivity index is 1.48. The molecule has 1 aliphatic heterocycles. The van der Waals surface area contributed by atoms with Crippen molar-refractivity contribution in [3.8, 4) is 17.2 Å². The Labute approximate surface area is 215 Å². The fraction of sp³-hybridized carbons (Fsp3) is 0.321. The standard InChI is InChI=1S/C28H31N5O4/c1-3-36-28(34)20-8-12-23(13-9-20)37-24-14-16-30-27-25(24)26(31-21-5-4-15-29-17-21)32-33(27)18-19-6-10-22(35-2)11-7-19/h6-14,16,21,29H,3-5,15,17-18H2,1-2H3,(H,31,32)/t21-/m1/s1. The lowest BCUT2D eigenvalue weighted by molar-refractivity contribution is 0.0526. The molecule has 2 N–H and O–H groups in total. The molecule has 1 fully saturated rings. The van der Waals surface area contributed by atoms with Crippen LogP contribution in [0.3, 0.4) is 0 Å². The van der Waals surface area contributed by atoms with Crippen LogP contribution in [0.5, 0.6) is 17.2 Å². The second-order valence-corrected chi connectivity index (χ2v) is 8.90. The van der Waals surface area contributed by atoms with Crippen molar-refractivity contribution >= 4 is 22.8 Å². The molecule has 0 radical (unpaired) electrons. The Bertz CT molecular complexity index is 1350. The van der Waals surface area contributed by atoms with E-state index < -0.39 is 0 Å². The fourth-order valence-corrected chi connectivity index (χ4v) is 4.44. The highest BCUT2D eigenvalue weighted by Gasteiger charge is 2.21. The lowest BCUT2D eigenvalue weighted by Gasteiger charge is -2.23. The van der Waals surface area contributed by atoms with Crippen LogP contribution in [0.4, 0.5) is 5.82 Å². The maximum atomic E-state index is 12.0. The third-order valence-electron chi connectivity index (χ3n) is 6.32. The third-order valence-corrected chi connectivity index (χ3v) is 6.32. The van der Waals surface area contributed by atoms with E-state index in [0.717, 1.165) is 54.1 Å².